The van der Waals surface area contributed by atoms with Gasteiger partial charge >= 0.3 is 0 Å². The van der Waals surface area contributed by atoms with Crippen LogP contribution in [0, 0.1) is 0 Å². The summed E-state index contributed by atoms with van der Waals surface area (Å²) in [5.74, 6) is 0.264. The maximum atomic E-state index is 11.4. The molecule has 0 saturated heterocycles. The van der Waals surface area contributed by atoms with Crippen LogP contribution in [0.2, 0.25) is 5.02 Å². The highest BCUT2D eigenvalue weighted by Gasteiger charge is 2.14. The van der Waals surface area contributed by atoms with E-state index in [1.807, 2.05) is 0 Å². The number of carbonyl (C=O) groups is 1. The van der Waals surface area contributed by atoms with Crippen LogP contribution in [0.5, 0.6) is 5.75 Å². The molecule has 1 aromatic rings. The highest BCUT2D eigenvalue weighted by molar-refractivity contribution is 6.30. The first-order chi connectivity index (χ1) is 7.63. The zero-order valence-corrected chi connectivity index (χ0v) is 9.95. The summed E-state index contributed by atoms with van der Waals surface area (Å²) in [4.78, 5) is 16.2. The fourth-order valence-corrected chi connectivity index (χ4v) is 1.12. The van der Waals surface area contributed by atoms with Crippen molar-refractivity contribution in [1.82, 2.24) is 5.48 Å². The molecule has 5 heteroatoms. The van der Waals surface area contributed by atoms with Crippen LogP contribution < -0.4 is 10.2 Å². The van der Waals surface area contributed by atoms with E-state index in [2.05, 4.69) is 5.48 Å². The molecule has 0 aromatic heterocycles. The molecule has 0 saturated carbocycles. The quantitative estimate of drug-likeness (QED) is 0.807. The van der Waals surface area contributed by atoms with Crippen molar-refractivity contribution >= 4 is 17.5 Å². The van der Waals surface area contributed by atoms with Crippen LogP contribution in [0.4, 0.5) is 0 Å². The van der Waals surface area contributed by atoms with Crippen molar-refractivity contribution in [3.05, 3.63) is 29.3 Å². The maximum Gasteiger partial charge on any atom is 0.284 e. The van der Waals surface area contributed by atoms with Gasteiger partial charge in [0.05, 0.1) is 6.61 Å². The number of amides is 1. The summed E-state index contributed by atoms with van der Waals surface area (Å²) in [7, 11) is 0. The van der Waals surface area contributed by atoms with Crippen molar-refractivity contribution in [3.8, 4) is 5.75 Å². The van der Waals surface area contributed by atoms with Crippen molar-refractivity contribution in [2.45, 2.75) is 20.0 Å². The fourth-order valence-electron chi connectivity index (χ4n) is 0.997. The van der Waals surface area contributed by atoms with E-state index in [0.717, 1.165) is 0 Å². The lowest BCUT2D eigenvalue weighted by Crippen LogP contribution is -2.36. The molecule has 0 fully saturated rings. The Labute approximate surface area is 99.5 Å². The van der Waals surface area contributed by atoms with E-state index in [4.69, 9.17) is 21.2 Å². The van der Waals surface area contributed by atoms with Crippen LogP contribution in [0.1, 0.15) is 13.8 Å². The van der Waals surface area contributed by atoms with Crippen molar-refractivity contribution in [1.29, 1.82) is 0 Å². The van der Waals surface area contributed by atoms with Gasteiger partial charge in [0.25, 0.3) is 5.91 Å². The molecule has 16 heavy (non-hydrogen) atoms. The molecule has 88 valence electrons. The summed E-state index contributed by atoms with van der Waals surface area (Å²) in [6.07, 6.45) is -0.618. The van der Waals surface area contributed by atoms with Crippen LogP contribution in [0.25, 0.3) is 0 Å². The summed E-state index contributed by atoms with van der Waals surface area (Å²) in [6, 6.07) is 6.80. The number of hydroxylamine groups is 1. The Hall–Kier alpha value is -1.26. The van der Waals surface area contributed by atoms with E-state index in [9.17, 15) is 4.79 Å². The normalized spacial score (nSPS) is 11.9. The minimum atomic E-state index is -0.618. The topological polar surface area (TPSA) is 47.6 Å². The molecule has 4 nitrogen and oxygen atoms in total. The Morgan fingerprint density at radius 2 is 2.06 bits per heavy atom. The van der Waals surface area contributed by atoms with Crippen LogP contribution in [-0.2, 0) is 9.63 Å². The highest BCUT2D eigenvalue weighted by Crippen LogP contribution is 2.16. The standard InChI is InChI=1S/C11H14ClNO3/c1-3-15-13-11(14)8(2)16-10-6-4-9(12)5-7-10/h4-8H,3H2,1-2H3,(H,13,14)/t8-/m0/s1. The van der Waals surface area contributed by atoms with Gasteiger partial charge < -0.3 is 4.74 Å². The van der Waals surface area contributed by atoms with Crippen LogP contribution in [0.3, 0.4) is 0 Å². The molecule has 0 aliphatic carbocycles. The molecule has 0 bridgehead atoms. The summed E-state index contributed by atoms with van der Waals surface area (Å²) >= 11 is 5.72. The van der Waals surface area contributed by atoms with Gasteiger partial charge in [-0.25, -0.2) is 5.48 Å². The third-order valence-corrected chi connectivity index (χ3v) is 2.06. The minimum absolute atomic E-state index is 0.322. The van der Waals surface area contributed by atoms with Crippen molar-refractivity contribution in [2.75, 3.05) is 6.61 Å². The van der Waals surface area contributed by atoms with Gasteiger partial charge in [0.2, 0.25) is 0 Å². The summed E-state index contributed by atoms with van der Waals surface area (Å²) in [5.41, 5.74) is 2.27. The number of hydrogen-bond acceptors (Lipinski definition) is 3. The second-order valence-corrected chi connectivity index (χ2v) is 3.55. The lowest BCUT2D eigenvalue weighted by atomic mass is 10.3. The number of hydrogen-bond donors (Lipinski definition) is 1. The summed E-state index contributed by atoms with van der Waals surface area (Å²) in [5, 5.41) is 0.624. The van der Waals surface area contributed by atoms with E-state index in [0.29, 0.717) is 17.4 Å². The van der Waals surface area contributed by atoms with Crippen LogP contribution in [0.15, 0.2) is 24.3 Å². The van der Waals surface area contributed by atoms with Gasteiger partial charge in [0, 0.05) is 5.02 Å². The lowest BCUT2D eigenvalue weighted by Gasteiger charge is -2.13. The van der Waals surface area contributed by atoms with E-state index in [1.165, 1.54) is 0 Å². The fraction of sp³-hybridized carbons (Fsp3) is 0.364. The monoisotopic (exact) mass is 243 g/mol. The number of benzene rings is 1. The summed E-state index contributed by atoms with van der Waals surface area (Å²) < 4.78 is 5.38. The third-order valence-electron chi connectivity index (χ3n) is 1.81. The first-order valence-corrected chi connectivity index (χ1v) is 5.35. The number of halogens is 1. The average Bonchev–Trinajstić information content (AvgIpc) is 2.29. The molecule has 0 radical (unpaired) electrons. The van der Waals surface area contributed by atoms with E-state index in [-0.39, 0.29) is 5.91 Å². The molecule has 1 atom stereocenters. The summed E-state index contributed by atoms with van der Waals surface area (Å²) in [6.45, 7) is 3.84. The molecular weight excluding hydrogens is 230 g/mol. The highest BCUT2D eigenvalue weighted by atomic mass is 35.5. The zero-order valence-electron chi connectivity index (χ0n) is 9.20. The molecule has 0 aliphatic heterocycles. The van der Waals surface area contributed by atoms with Crippen molar-refractivity contribution in [2.24, 2.45) is 0 Å². The molecule has 0 unspecified atom stereocenters. The first-order valence-electron chi connectivity index (χ1n) is 4.97. The zero-order chi connectivity index (χ0) is 12.0. The Morgan fingerprint density at radius 1 is 1.44 bits per heavy atom. The smallest absolute Gasteiger partial charge is 0.284 e. The Kier molecular flexibility index (Phi) is 5.08. The van der Waals surface area contributed by atoms with Crippen molar-refractivity contribution < 1.29 is 14.4 Å². The predicted octanol–water partition coefficient (Wildman–Crippen LogP) is 2.17. The molecule has 1 N–H and O–H groups in total. The molecule has 0 heterocycles. The van der Waals surface area contributed by atoms with Gasteiger partial charge in [0.15, 0.2) is 6.10 Å². The Bertz CT molecular complexity index is 340. The third kappa shape index (κ3) is 4.08. The van der Waals surface area contributed by atoms with Crippen LogP contribution in [-0.4, -0.2) is 18.6 Å². The van der Waals surface area contributed by atoms with Gasteiger partial charge in [0.1, 0.15) is 5.75 Å². The molecular formula is C11H14ClNO3. The molecule has 0 aliphatic rings. The van der Waals surface area contributed by atoms with E-state index in [1.54, 1.807) is 38.1 Å². The van der Waals surface area contributed by atoms with Gasteiger partial charge in [-0.3, -0.25) is 9.63 Å². The molecule has 1 aromatic carbocycles. The van der Waals surface area contributed by atoms with Gasteiger partial charge in [-0.15, -0.1) is 0 Å². The minimum Gasteiger partial charge on any atom is -0.481 e. The Balaban J connectivity index is 2.47. The number of rotatable bonds is 5. The van der Waals surface area contributed by atoms with Gasteiger partial charge in [-0.2, -0.15) is 0 Å². The average molecular weight is 244 g/mol. The van der Waals surface area contributed by atoms with Crippen molar-refractivity contribution in [3.63, 3.8) is 0 Å². The van der Waals surface area contributed by atoms with Crippen LogP contribution >= 0.6 is 11.6 Å². The second kappa shape index (κ2) is 6.35. The van der Waals surface area contributed by atoms with Gasteiger partial charge in [-0.05, 0) is 38.1 Å². The molecule has 0 spiro atoms. The van der Waals surface area contributed by atoms with E-state index >= 15 is 0 Å². The Morgan fingerprint density at radius 3 is 2.62 bits per heavy atom. The van der Waals surface area contributed by atoms with Gasteiger partial charge in [-0.1, -0.05) is 11.6 Å². The second-order valence-electron chi connectivity index (χ2n) is 3.11. The lowest BCUT2D eigenvalue weighted by molar-refractivity contribution is -0.139. The van der Waals surface area contributed by atoms with E-state index < -0.39 is 6.10 Å². The first kappa shape index (κ1) is 12.8. The predicted molar refractivity (Wildman–Crippen MR) is 61.3 cm³/mol. The molecule has 1 amide bonds. The number of nitrogens with one attached hydrogen (secondary N) is 1. The SMILES string of the molecule is CCONC(=O)[C@H](C)Oc1ccc(Cl)cc1. The largest absolute Gasteiger partial charge is 0.481 e. The molecule has 1 rings (SSSR count). The number of ether oxygens (including phenoxy) is 1. The maximum absolute atomic E-state index is 11.4. The number of carbonyl (C=O) groups excluding carboxylic acids is 1.